The minimum absolute atomic E-state index is 0.0606. The van der Waals surface area contributed by atoms with Gasteiger partial charge in [0.15, 0.2) is 12.4 Å². The van der Waals surface area contributed by atoms with Crippen molar-refractivity contribution >= 4 is 5.97 Å². The first-order valence-electron chi connectivity index (χ1n) is 13.5. The van der Waals surface area contributed by atoms with Crippen LogP contribution in [0, 0.1) is 0 Å². The molecular formula is C25H46O12. The third kappa shape index (κ3) is 8.79. The minimum atomic E-state index is -2.24. The van der Waals surface area contributed by atoms with Gasteiger partial charge in [-0.3, -0.25) is 4.79 Å². The Hall–Kier alpha value is -0.930. The van der Waals surface area contributed by atoms with E-state index >= 15 is 0 Å². The van der Waals surface area contributed by atoms with Gasteiger partial charge in [0.1, 0.15) is 43.2 Å². The van der Waals surface area contributed by atoms with E-state index in [4.69, 9.17) is 18.9 Å². The van der Waals surface area contributed by atoms with Gasteiger partial charge in [-0.25, -0.2) is 0 Å². The number of hydrogen-bond acceptors (Lipinski definition) is 12. The zero-order valence-electron chi connectivity index (χ0n) is 21.7. The third-order valence-electron chi connectivity index (χ3n) is 7.03. The molecule has 0 aliphatic carbocycles. The predicted octanol–water partition coefficient (Wildman–Crippen LogP) is -0.534. The van der Waals surface area contributed by atoms with Crippen LogP contribution in [0.5, 0.6) is 0 Å². The lowest BCUT2D eigenvalue weighted by atomic mass is 9.99. The normalized spacial score (nSPS) is 36.1. The van der Waals surface area contributed by atoms with Crippen molar-refractivity contribution in [3.63, 3.8) is 0 Å². The first-order valence-corrected chi connectivity index (χ1v) is 13.5. The molecule has 12 heteroatoms. The van der Waals surface area contributed by atoms with E-state index in [0.717, 1.165) is 25.7 Å². The summed E-state index contributed by atoms with van der Waals surface area (Å²) in [6.07, 6.45) is -1.75. The number of unbranched alkanes of at least 4 members (excludes halogenated alkanes) is 9. The second kappa shape index (κ2) is 16.2. The van der Waals surface area contributed by atoms with Gasteiger partial charge in [0.2, 0.25) is 5.79 Å². The quantitative estimate of drug-likeness (QED) is 0.0925. The highest BCUT2D eigenvalue weighted by Crippen LogP contribution is 2.38. The van der Waals surface area contributed by atoms with Crippen molar-refractivity contribution < 1.29 is 59.5 Å². The molecule has 9 atom stereocenters. The maximum absolute atomic E-state index is 12.6. The molecule has 12 nitrogen and oxygen atoms in total. The van der Waals surface area contributed by atoms with Crippen LogP contribution >= 0.6 is 0 Å². The predicted molar refractivity (Wildman–Crippen MR) is 129 cm³/mol. The lowest BCUT2D eigenvalue weighted by Gasteiger charge is -2.43. The van der Waals surface area contributed by atoms with Crippen LogP contribution < -0.4 is 0 Å². The Kier molecular flexibility index (Phi) is 14.2. The standard InChI is InChI=1S/C25H46O12/c1-2-3-4-5-6-7-8-9-10-11-12-18(29)35-23-20(31)17(14-27)36-25(23,15-28)37-24-22(33)21(32)19(30)16(13-26)34-24/h16-17,19-24,26-28,30-33H,2-15H2,1H3/t16-,17-,19-,20-,21+,22-,23+,24-,25+/m1/s1. The highest BCUT2D eigenvalue weighted by Gasteiger charge is 2.60. The van der Waals surface area contributed by atoms with Crippen LogP contribution in [0.2, 0.25) is 0 Å². The molecule has 0 bridgehead atoms. The summed E-state index contributed by atoms with van der Waals surface area (Å²) in [6, 6.07) is 0. The minimum Gasteiger partial charge on any atom is -0.454 e. The van der Waals surface area contributed by atoms with E-state index in [1.165, 1.54) is 32.1 Å². The summed E-state index contributed by atoms with van der Waals surface area (Å²) in [4.78, 5) is 12.6. The van der Waals surface area contributed by atoms with Crippen LogP contribution in [0.3, 0.4) is 0 Å². The molecule has 0 unspecified atom stereocenters. The van der Waals surface area contributed by atoms with E-state index in [0.29, 0.717) is 6.42 Å². The van der Waals surface area contributed by atoms with Gasteiger partial charge in [0, 0.05) is 6.42 Å². The van der Waals surface area contributed by atoms with Gasteiger partial charge >= 0.3 is 5.97 Å². The van der Waals surface area contributed by atoms with Crippen molar-refractivity contribution in [2.24, 2.45) is 0 Å². The highest BCUT2D eigenvalue weighted by molar-refractivity contribution is 5.69. The fourth-order valence-corrected chi connectivity index (χ4v) is 4.73. The van der Waals surface area contributed by atoms with E-state index in [1.807, 2.05) is 0 Å². The molecular weight excluding hydrogens is 492 g/mol. The molecule has 0 amide bonds. The molecule has 0 aromatic heterocycles. The summed E-state index contributed by atoms with van der Waals surface area (Å²) in [5.41, 5.74) is 0. The number of rotatable bonds is 17. The second-order valence-corrected chi connectivity index (χ2v) is 9.96. The van der Waals surface area contributed by atoms with Gasteiger partial charge in [-0.1, -0.05) is 64.7 Å². The first-order chi connectivity index (χ1) is 17.7. The summed E-state index contributed by atoms with van der Waals surface area (Å²) in [5, 5.41) is 70.0. The van der Waals surface area contributed by atoms with Crippen LogP contribution in [0.1, 0.15) is 77.6 Å². The molecule has 0 saturated carbocycles. The number of carbonyl (C=O) groups excluding carboxylic acids is 1. The molecule has 0 spiro atoms. The Bertz CT molecular complexity index is 649. The Morgan fingerprint density at radius 2 is 1.32 bits per heavy atom. The summed E-state index contributed by atoms with van der Waals surface area (Å²) in [5.74, 6) is -2.91. The lowest BCUT2D eigenvalue weighted by molar-refractivity contribution is -0.383. The average Bonchev–Trinajstić information content (AvgIpc) is 3.16. The molecule has 2 saturated heterocycles. The highest BCUT2D eigenvalue weighted by atomic mass is 16.8. The third-order valence-corrected chi connectivity index (χ3v) is 7.03. The number of aliphatic hydroxyl groups excluding tert-OH is 7. The smallest absolute Gasteiger partial charge is 0.306 e. The first kappa shape index (κ1) is 32.3. The zero-order valence-corrected chi connectivity index (χ0v) is 21.7. The zero-order chi connectivity index (χ0) is 27.4. The molecule has 2 heterocycles. The number of ether oxygens (including phenoxy) is 4. The second-order valence-electron chi connectivity index (χ2n) is 9.96. The Morgan fingerprint density at radius 3 is 1.86 bits per heavy atom. The van der Waals surface area contributed by atoms with Crippen molar-refractivity contribution in [2.75, 3.05) is 19.8 Å². The molecule has 37 heavy (non-hydrogen) atoms. The van der Waals surface area contributed by atoms with Crippen molar-refractivity contribution in [2.45, 2.75) is 132 Å². The van der Waals surface area contributed by atoms with Gasteiger partial charge in [-0.05, 0) is 6.42 Å². The van der Waals surface area contributed by atoms with E-state index < -0.39 is 80.6 Å². The maximum atomic E-state index is 12.6. The largest absolute Gasteiger partial charge is 0.454 e. The van der Waals surface area contributed by atoms with Crippen molar-refractivity contribution in [1.82, 2.24) is 0 Å². The fourth-order valence-electron chi connectivity index (χ4n) is 4.73. The van der Waals surface area contributed by atoms with Gasteiger partial charge in [-0.2, -0.15) is 0 Å². The Balaban J connectivity index is 1.91. The van der Waals surface area contributed by atoms with E-state index in [9.17, 15) is 40.5 Å². The molecule has 0 aromatic rings. The molecule has 2 aliphatic rings. The fraction of sp³-hybridized carbons (Fsp3) is 0.960. The molecule has 2 fully saturated rings. The van der Waals surface area contributed by atoms with Crippen LogP contribution in [0.4, 0.5) is 0 Å². The van der Waals surface area contributed by atoms with Gasteiger partial charge in [0.05, 0.1) is 13.2 Å². The number of esters is 1. The summed E-state index contributed by atoms with van der Waals surface area (Å²) in [6.45, 7) is -0.177. The maximum Gasteiger partial charge on any atom is 0.306 e. The van der Waals surface area contributed by atoms with Crippen molar-refractivity contribution in [3.05, 3.63) is 0 Å². The van der Waals surface area contributed by atoms with E-state index in [1.54, 1.807) is 0 Å². The van der Waals surface area contributed by atoms with E-state index in [-0.39, 0.29) is 6.42 Å². The molecule has 2 rings (SSSR count). The lowest BCUT2D eigenvalue weighted by Crippen LogP contribution is -2.63. The Morgan fingerprint density at radius 1 is 0.757 bits per heavy atom. The van der Waals surface area contributed by atoms with Crippen LogP contribution in [-0.4, -0.2) is 116 Å². The van der Waals surface area contributed by atoms with Gasteiger partial charge in [-0.15, -0.1) is 0 Å². The van der Waals surface area contributed by atoms with Crippen molar-refractivity contribution in [3.8, 4) is 0 Å². The van der Waals surface area contributed by atoms with E-state index in [2.05, 4.69) is 6.92 Å². The van der Waals surface area contributed by atoms with Gasteiger partial charge < -0.3 is 54.7 Å². The summed E-state index contributed by atoms with van der Waals surface area (Å²) in [7, 11) is 0. The number of hydrogen-bond donors (Lipinski definition) is 7. The van der Waals surface area contributed by atoms with Crippen LogP contribution in [0.25, 0.3) is 0 Å². The monoisotopic (exact) mass is 538 g/mol. The molecule has 218 valence electrons. The number of carbonyl (C=O) groups is 1. The average molecular weight is 539 g/mol. The molecule has 0 radical (unpaired) electrons. The summed E-state index contributed by atoms with van der Waals surface area (Å²) >= 11 is 0. The summed E-state index contributed by atoms with van der Waals surface area (Å²) < 4.78 is 21.8. The number of aliphatic hydroxyl groups is 7. The topological polar surface area (TPSA) is 196 Å². The molecule has 0 aromatic carbocycles. The van der Waals surface area contributed by atoms with Crippen LogP contribution in [-0.2, 0) is 23.7 Å². The molecule has 2 aliphatic heterocycles. The van der Waals surface area contributed by atoms with Crippen molar-refractivity contribution in [1.29, 1.82) is 0 Å². The Labute approximate surface area is 218 Å². The SMILES string of the molecule is CCCCCCCCCCCCC(=O)O[C@H]1[C@H](O)[C@@H](CO)O[C@@]1(CO)O[C@H]1O[C@H](CO)[C@@H](O)[C@H](O)[C@H]1O. The van der Waals surface area contributed by atoms with Gasteiger partial charge in [0.25, 0.3) is 0 Å². The van der Waals surface area contributed by atoms with Crippen LogP contribution in [0.15, 0.2) is 0 Å². The molecule has 7 N–H and O–H groups in total.